The van der Waals surface area contributed by atoms with Crippen molar-refractivity contribution in [3.63, 3.8) is 0 Å². The average Bonchev–Trinajstić information content (AvgIpc) is 2.25. The van der Waals surface area contributed by atoms with E-state index in [4.69, 9.17) is 4.74 Å². The number of ether oxygens (including phenoxy) is 1. The van der Waals surface area contributed by atoms with Gasteiger partial charge < -0.3 is 14.9 Å². The third-order valence-electron chi connectivity index (χ3n) is 2.89. The molecular weight excluding hydrogens is 222 g/mol. The van der Waals surface area contributed by atoms with Crippen LogP contribution in [0.3, 0.4) is 0 Å². The third-order valence-corrected chi connectivity index (χ3v) is 2.89. The molecule has 1 aliphatic rings. The Bertz CT molecular complexity index is 250. The molecule has 2 N–H and O–H groups in total. The predicted molar refractivity (Wildman–Crippen MR) is 63.7 cm³/mol. The zero-order valence-corrected chi connectivity index (χ0v) is 10.8. The lowest BCUT2D eigenvalue weighted by Gasteiger charge is -2.41. The van der Waals surface area contributed by atoms with Crippen molar-refractivity contribution < 1.29 is 19.7 Å². The smallest absolute Gasteiger partial charge is 0.410 e. The molecule has 1 aliphatic heterocycles. The summed E-state index contributed by atoms with van der Waals surface area (Å²) < 4.78 is 5.31. The number of nitrogens with zero attached hydrogens (tertiary/aromatic N) is 1. The molecule has 17 heavy (non-hydrogen) atoms. The van der Waals surface area contributed by atoms with Crippen molar-refractivity contribution in [2.45, 2.75) is 57.7 Å². The maximum absolute atomic E-state index is 12.0. The molecule has 1 saturated heterocycles. The highest BCUT2D eigenvalue weighted by molar-refractivity contribution is 5.69. The number of hydrogen-bond acceptors (Lipinski definition) is 4. The van der Waals surface area contributed by atoms with E-state index in [0.717, 1.165) is 19.3 Å². The van der Waals surface area contributed by atoms with Gasteiger partial charge in [-0.1, -0.05) is 0 Å². The highest BCUT2D eigenvalue weighted by atomic mass is 16.6. The Balaban J connectivity index is 2.76. The summed E-state index contributed by atoms with van der Waals surface area (Å²) in [4.78, 5) is 13.5. The SMILES string of the molecule is CC(C)(C)OC(=O)N1C(CO)CCCC1CO. The van der Waals surface area contributed by atoms with Crippen LogP contribution in [0.4, 0.5) is 4.79 Å². The van der Waals surface area contributed by atoms with Gasteiger partial charge in [0.2, 0.25) is 0 Å². The quantitative estimate of drug-likeness (QED) is 0.765. The summed E-state index contributed by atoms with van der Waals surface area (Å²) in [6.45, 7) is 5.23. The number of hydrogen-bond donors (Lipinski definition) is 2. The van der Waals surface area contributed by atoms with Gasteiger partial charge in [0.1, 0.15) is 5.60 Å². The van der Waals surface area contributed by atoms with Crippen LogP contribution < -0.4 is 0 Å². The van der Waals surface area contributed by atoms with E-state index >= 15 is 0 Å². The molecule has 0 bridgehead atoms. The molecule has 0 aromatic carbocycles. The first-order valence-corrected chi connectivity index (χ1v) is 6.12. The van der Waals surface area contributed by atoms with Gasteiger partial charge in [0, 0.05) is 0 Å². The summed E-state index contributed by atoms with van der Waals surface area (Å²) in [5.74, 6) is 0. The van der Waals surface area contributed by atoms with E-state index in [-0.39, 0.29) is 25.3 Å². The molecule has 0 spiro atoms. The van der Waals surface area contributed by atoms with E-state index in [1.54, 1.807) is 20.8 Å². The molecule has 0 saturated carbocycles. The highest BCUT2D eigenvalue weighted by Gasteiger charge is 2.36. The number of carbonyl (C=O) groups is 1. The zero-order chi connectivity index (χ0) is 13.1. The fourth-order valence-electron chi connectivity index (χ4n) is 2.14. The summed E-state index contributed by atoms with van der Waals surface area (Å²) >= 11 is 0. The largest absolute Gasteiger partial charge is 0.444 e. The fourth-order valence-corrected chi connectivity index (χ4v) is 2.14. The minimum absolute atomic E-state index is 0.0876. The molecule has 1 rings (SSSR count). The Morgan fingerprint density at radius 2 is 1.71 bits per heavy atom. The van der Waals surface area contributed by atoms with E-state index < -0.39 is 11.7 Å². The number of carbonyl (C=O) groups excluding carboxylic acids is 1. The maximum atomic E-state index is 12.0. The molecule has 1 amide bonds. The summed E-state index contributed by atoms with van der Waals surface area (Å²) in [5, 5.41) is 18.6. The number of aliphatic hydroxyl groups is 2. The number of piperidine rings is 1. The Kier molecular flexibility index (Phi) is 4.77. The molecule has 0 aromatic heterocycles. The van der Waals surface area contributed by atoms with Crippen LogP contribution in [0.25, 0.3) is 0 Å². The van der Waals surface area contributed by atoms with Gasteiger partial charge in [0.15, 0.2) is 0 Å². The van der Waals surface area contributed by atoms with E-state index in [1.165, 1.54) is 4.90 Å². The first-order valence-electron chi connectivity index (χ1n) is 6.12. The van der Waals surface area contributed by atoms with Crippen molar-refractivity contribution in [3.05, 3.63) is 0 Å². The molecule has 100 valence electrons. The van der Waals surface area contributed by atoms with Gasteiger partial charge in [0.05, 0.1) is 25.3 Å². The normalized spacial score (nSPS) is 25.8. The summed E-state index contributed by atoms with van der Waals surface area (Å²) in [6.07, 6.45) is 1.98. The minimum Gasteiger partial charge on any atom is -0.444 e. The molecule has 0 aliphatic carbocycles. The molecule has 5 heteroatoms. The van der Waals surface area contributed by atoms with Crippen molar-refractivity contribution in [3.8, 4) is 0 Å². The van der Waals surface area contributed by atoms with Crippen LogP contribution >= 0.6 is 0 Å². The Hall–Kier alpha value is -0.810. The highest BCUT2D eigenvalue weighted by Crippen LogP contribution is 2.25. The van der Waals surface area contributed by atoms with Crippen molar-refractivity contribution in [2.24, 2.45) is 0 Å². The van der Waals surface area contributed by atoms with E-state index in [0.29, 0.717) is 0 Å². The number of aliphatic hydroxyl groups excluding tert-OH is 2. The lowest BCUT2D eigenvalue weighted by atomic mass is 9.97. The van der Waals surface area contributed by atoms with Crippen LogP contribution in [0.1, 0.15) is 40.0 Å². The number of likely N-dealkylation sites (tertiary alicyclic amines) is 1. The lowest BCUT2D eigenvalue weighted by molar-refractivity contribution is -0.0247. The maximum Gasteiger partial charge on any atom is 0.410 e. The molecule has 1 fully saturated rings. The van der Waals surface area contributed by atoms with Gasteiger partial charge in [-0.2, -0.15) is 0 Å². The van der Waals surface area contributed by atoms with Gasteiger partial charge >= 0.3 is 6.09 Å². The van der Waals surface area contributed by atoms with E-state index in [9.17, 15) is 15.0 Å². The zero-order valence-electron chi connectivity index (χ0n) is 10.8. The van der Waals surface area contributed by atoms with E-state index in [2.05, 4.69) is 0 Å². The van der Waals surface area contributed by atoms with Gasteiger partial charge in [-0.15, -0.1) is 0 Å². The van der Waals surface area contributed by atoms with Crippen LogP contribution in [-0.4, -0.2) is 52.1 Å². The molecule has 1 heterocycles. The first kappa shape index (κ1) is 14.3. The summed E-state index contributed by atoms with van der Waals surface area (Å²) in [5.41, 5.74) is -0.561. The van der Waals surface area contributed by atoms with Crippen molar-refractivity contribution in [1.29, 1.82) is 0 Å². The third kappa shape index (κ3) is 3.85. The van der Waals surface area contributed by atoms with Crippen molar-refractivity contribution in [2.75, 3.05) is 13.2 Å². The molecule has 5 nitrogen and oxygen atoms in total. The predicted octanol–water partition coefficient (Wildman–Crippen LogP) is 1.13. The van der Waals surface area contributed by atoms with Crippen LogP contribution in [-0.2, 0) is 4.74 Å². The van der Waals surface area contributed by atoms with Crippen molar-refractivity contribution >= 4 is 6.09 Å². The second kappa shape index (κ2) is 5.69. The molecule has 0 radical (unpaired) electrons. The lowest BCUT2D eigenvalue weighted by Crippen LogP contribution is -2.54. The summed E-state index contributed by atoms with van der Waals surface area (Å²) in [6, 6.07) is -0.480. The molecular formula is C12H23NO4. The first-order chi connectivity index (χ1) is 7.89. The second-order valence-corrected chi connectivity index (χ2v) is 5.49. The van der Waals surface area contributed by atoms with Gasteiger partial charge in [-0.05, 0) is 40.0 Å². The standard InChI is InChI=1S/C12H23NO4/c1-12(2,3)17-11(16)13-9(7-14)5-4-6-10(13)8-15/h9-10,14-15H,4-8H2,1-3H3. The number of amides is 1. The summed E-state index contributed by atoms with van der Waals surface area (Å²) in [7, 11) is 0. The van der Waals surface area contributed by atoms with Crippen LogP contribution in [0.5, 0.6) is 0 Å². The monoisotopic (exact) mass is 245 g/mol. The topological polar surface area (TPSA) is 70.0 Å². The van der Waals surface area contributed by atoms with Crippen molar-refractivity contribution in [1.82, 2.24) is 4.90 Å². The minimum atomic E-state index is -0.561. The average molecular weight is 245 g/mol. The second-order valence-electron chi connectivity index (χ2n) is 5.49. The Morgan fingerprint density at radius 3 is 2.06 bits per heavy atom. The van der Waals surface area contributed by atoms with E-state index in [1.807, 2.05) is 0 Å². The Labute approximate surface area is 102 Å². The van der Waals surface area contributed by atoms with Crippen LogP contribution in [0.15, 0.2) is 0 Å². The molecule has 2 atom stereocenters. The fraction of sp³-hybridized carbons (Fsp3) is 0.917. The van der Waals surface area contributed by atoms with Gasteiger partial charge in [-0.3, -0.25) is 4.90 Å². The molecule has 0 aromatic rings. The molecule has 2 unspecified atom stereocenters. The van der Waals surface area contributed by atoms with Gasteiger partial charge in [-0.25, -0.2) is 4.79 Å². The van der Waals surface area contributed by atoms with Crippen LogP contribution in [0.2, 0.25) is 0 Å². The van der Waals surface area contributed by atoms with Crippen LogP contribution in [0, 0.1) is 0 Å². The Morgan fingerprint density at radius 1 is 1.24 bits per heavy atom. The number of rotatable bonds is 2. The van der Waals surface area contributed by atoms with Gasteiger partial charge in [0.25, 0.3) is 0 Å².